The molecule has 9 aromatic rings. The summed E-state index contributed by atoms with van der Waals surface area (Å²) in [5, 5.41) is 7.36. The van der Waals surface area contributed by atoms with Crippen molar-refractivity contribution in [2.45, 2.75) is 0 Å². The van der Waals surface area contributed by atoms with Gasteiger partial charge in [-0.05, 0) is 66.6 Å². The maximum atomic E-state index is 6.54. The minimum atomic E-state index is 0.906. The Bertz CT molecular complexity index is 2450. The number of hydrogen-bond acceptors (Lipinski definition) is 1. The molecule has 0 bridgehead atoms. The minimum absolute atomic E-state index is 0.906. The zero-order valence-corrected chi connectivity index (χ0v) is 24.6. The second kappa shape index (κ2) is 10.4. The fraction of sp³-hybridized carbons (Fsp3) is 0. The first-order chi connectivity index (χ1) is 22.3. The third kappa shape index (κ3) is 4.09. The van der Waals surface area contributed by atoms with E-state index in [1.807, 2.05) is 6.07 Å². The molecule has 0 spiro atoms. The molecule has 210 valence electrons. The third-order valence-electron chi connectivity index (χ3n) is 9.09. The van der Waals surface area contributed by atoms with Crippen molar-refractivity contribution in [3.05, 3.63) is 170 Å². The highest BCUT2D eigenvalue weighted by Crippen LogP contribution is 2.45. The van der Waals surface area contributed by atoms with E-state index < -0.39 is 0 Å². The average Bonchev–Trinajstić information content (AvgIpc) is 3.51. The summed E-state index contributed by atoms with van der Waals surface area (Å²) in [6, 6.07) is 60.8. The van der Waals surface area contributed by atoms with Crippen LogP contribution >= 0.6 is 0 Å². The summed E-state index contributed by atoms with van der Waals surface area (Å²) in [5.74, 6) is 0. The fourth-order valence-corrected chi connectivity index (χ4v) is 7.11. The first-order valence-electron chi connectivity index (χ1n) is 15.4. The summed E-state index contributed by atoms with van der Waals surface area (Å²) in [4.78, 5) is 0. The van der Waals surface area contributed by atoms with Crippen LogP contribution in [0.15, 0.2) is 174 Å². The molecule has 0 aliphatic carbocycles. The molecule has 1 heteroatoms. The Morgan fingerprint density at radius 2 is 0.711 bits per heavy atom. The van der Waals surface area contributed by atoms with E-state index in [0.717, 1.165) is 33.1 Å². The Morgan fingerprint density at radius 3 is 1.31 bits per heavy atom. The zero-order chi connectivity index (χ0) is 29.7. The SMILES string of the molecule is c1ccc(-c2c3ccccc3c(-c3ccc(-c4cccc5oc6c(-c7ccccc7)cccc6c45)cc3)c3ccccc23)cc1. The summed E-state index contributed by atoms with van der Waals surface area (Å²) >= 11 is 0. The smallest absolute Gasteiger partial charge is 0.143 e. The van der Waals surface area contributed by atoms with Crippen molar-refractivity contribution in [2.24, 2.45) is 0 Å². The normalized spacial score (nSPS) is 11.6. The summed E-state index contributed by atoms with van der Waals surface area (Å²) < 4.78 is 6.54. The lowest BCUT2D eigenvalue weighted by atomic mass is 9.85. The van der Waals surface area contributed by atoms with Gasteiger partial charge in [0.2, 0.25) is 0 Å². The summed E-state index contributed by atoms with van der Waals surface area (Å²) in [6.07, 6.45) is 0. The molecule has 1 aromatic heterocycles. The molecule has 0 amide bonds. The molecule has 0 fully saturated rings. The van der Waals surface area contributed by atoms with Crippen molar-refractivity contribution in [2.75, 3.05) is 0 Å². The Labute approximate surface area is 261 Å². The Morgan fingerprint density at radius 1 is 0.289 bits per heavy atom. The van der Waals surface area contributed by atoms with Crippen molar-refractivity contribution in [3.63, 3.8) is 0 Å². The molecule has 0 N–H and O–H groups in total. The van der Waals surface area contributed by atoms with Crippen LogP contribution in [0.3, 0.4) is 0 Å². The van der Waals surface area contributed by atoms with E-state index in [2.05, 4.69) is 164 Å². The molecule has 45 heavy (non-hydrogen) atoms. The minimum Gasteiger partial charge on any atom is -0.455 e. The first kappa shape index (κ1) is 25.6. The van der Waals surface area contributed by atoms with Gasteiger partial charge in [-0.3, -0.25) is 0 Å². The lowest BCUT2D eigenvalue weighted by Gasteiger charge is -2.18. The molecule has 0 aliphatic heterocycles. The lowest BCUT2D eigenvalue weighted by molar-refractivity contribution is 0.670. The van der Waals surface area contributed by atoms with Gasteiger partial charge in [-0.1, -0.05) is 164 Å². The highest BCUT2D eigenvalue weighted by Gasteiger charge is 2.18. The monoisotopic (exact) mass is 572 g/mol. The topological polar surface area (TPSA) is 13.1 Å². The van der Waals surface area contributed by atoms with Crippen LogP contribution in [-0.4, -0.2) is 0 Å². The van der Waals surface area contributed by atoms with Crippen LogP contribution in [0.4, 0.5) is 0 Å². The van der Waals surface area contributed by atoms with Gasteiger partial charge >= 0.3 is 0 Å². The molecular weight excluding hydrogens is 544 g/mol. The van der Waals surface area contributed by atoms with Gasteiger partial charge in [0, 0.05) is 16.3 Å². The molecule has 0 unspecified atom stereocenters. The van der Waals surface area contributed by atoms with E-state index in [1.165, 1.54) is 54.9 Å². The van der Waals surface area contributed by atoms with E-state index in [9.17, 15) is 0 Å². The Balaban J connectivity index is 1.23. The largest absolute Gasteiger partial charge is 0.455 e. The van der Waals surface area contributed by atoms with Gasteiger partial charge in [0.15, 0.2) is 0 Å². The van der Waals surface area contributed by atoms with Crippen LogP contribution in [0.25, 0.3) is 88.0 Å². The number of furan rings is 1. The standard InChI is InChI=1S/C44H28O/c1-3-13-29(14-4-1)34-22-11-23-39-43-33(21-12-24-40(43)45-44(34)39)30-25-27-32(28-26-30)42-37-19-9-7-17-35(37)41(31-15-5-2-6-16-31)36-18-8-10-20-38(36)42/h1-28H. The maximum Gasteiger partial charge on any atom is 0.143 e. The fourth-order valence-electron chi connectivity index (χ4n) is 7.11. The predicted octanol–water partition coefficient (Wildman–Crippen LogP) is 12.6. The lowest BCUT2D eigenvalue weighted by Crippen LogP contribution is -1.90. The van der Waals surface area contributed by atoms with Crippen LogP contribution < -0.4 is 0 Å². The van der Waals surface area contributed by atoms with E-state index in [4.69, 9.17) is 4.42 Å². The zero-order valence-electron chi connectivity index (χ0n) is 24.6. The van der Waals surface area contributed by atoms with Crippen LogP contribution in [0.1, 0.15) is 0 Å². The highest BCUT2D eigenvalue weighted by molar-refractivity contribution is 6.21. The van der Waals surface area contributed by atoms with Crippen LogP contribution in [0.5, 0.6) is 0 Å². The number of para-hydroxylation sites is 1. The molecule has 1 nitrogen and oxygen atoms in total. The molecule has 0 saturated heterocycles. The van der Waals surface area contributed by atoms with Crippen molar-refractivity contribution in [1.29, 1.82) is 0 Å². The van der Waals surface area contributed by atoms with E-state index in [1.54, 1.807) is 0 Å². The number of rotatable bonds is 4. The quantitative estimate of drug-likeness (QED) is 0.191. The van der Waals surface area contributed by atoms with Gasteiger partial charge in [-0.15, -0.1) is 0 Å². The van der Waals surface area contributed by atoms with Crippen molar-refractivity contribution >= 4 is 43.5 Å². The molecule has 0 atom stereocenters. The van der Waals surface area contributed by atoms with Crippen LogP contribution in [0.2, 0.25) is 0 Å². The van der Waals surface area contributed by atoms with Gasteiger partial charge in [0.1, 0.15) is 11.2 Å². The maximum absolute atomic E-state index is 6.54. The number of benzene rings is 8. The van der Waals surface area contributed by atoms with E-state index >= 15 is 0 Å². The van der Waals surface area contributed by atoms with Crippen molar-refractivity contribution in [1.82, 2.24) is 0 Å². The number of hydrogen-bond donors (Lipinski definition) is 0. The van der Waals surface area contributed by atoms with Gasteiger partial charge in [0.05, 0.1) is 0 Å². The van der Waals surface area contributed by atoms with Gasteiger partial charge in [-0.2, -0.15) is 0 Å². The van der Waals surface area contributed by atoms with Crippen molar-refractivity contribution < 1.29 is 4.42 Å². The molecule has 1 heterocycles. The molecule has 0 saturated carbocycles. The second-order valence-corrected chi connectivity index (χ2v) is 11.6. The molecular formula is C44H28O. The average molecular weight is 573 g/mol. The molecule has 0 radical (unpaired) electrons. The summed E-state index contributed by atoms with van der Waals surface area (Å²) in [5.41, 5.74) is 11.5. The third-order valence-corrected chi connectivity index (χ3v) is 9.09. The van der Waals surface area contributed by atoms with E-state index in [0.29, 0.717) is 0 Å². The van der Waals surface area contributed by atoms with Crippen LogP contribution in [0, 0.1) is 0 Å². The van der Waals surface area contributed by atoms with Gasteiger partial charge < -0.3 is 4.42 Å². The summed E-state index contributed by atoms with van der Waals surface area (Å²) in [7, 11) is 0. The Kier molecular flexibility index (Phi) is 5.89. The predicted molar refractivity (Wildman–Crippen MR) is 190 cm³/mol. The van der Waals surface area contributed by atoms with Gasteiger partial charge in [-0.25, -0.2) is 0 Å². The number of fused-ring (bicyclic) bond motifs is 5. The molecule has 9 rings (SSSR count). The van der Waals surface area contributed by atoms with Crippen LogP contribution in [-0.2, 0) is 0 Å². The first-order valence-corrected chi connectivity index (χ1v) is 15.4. The molecule has 8 aromatic carbocycles. The van der Waals surface area contributed by atoms with Gasteiger partial charge in [0.25, 0.3) is 0 Å². The highest BCUT2D eigenvalue weighted by atomic mass is 16.3. The van der Waals surface area contributed by atoms with Crippen molar-refractivity contribution in [3.8, 4) is 44.5 Å². The summed E-state index contributed by atoms with van der Waals surface area (Å²) in [6.45, 7) is 0. The Hall–Kier alpha value is -5.92. The van der Waals surface area contributed by atoms with E-state index in [-0.39, 0.29) is 0 Å². The molecule has 0 aliphatic rings. The second-order valence-electron chi connectivity index (χ2n) is 11.6.